The van der Waals surface area contributed by atoms with Crippen LogP contribution in [0.2, 0.25) is 0 Å². The van der Waals surface area contributed by atoms with Crippen molar-refractivity contribution in [3.05, 3.63) is 33.8 Å². The fourth-order valence-electron chi connectivity index (χ4n) is 3.04. The van der Waals surface area contributed by atoms with Gasteiger partial charge < -0.3 is 5.73 Å². The monoisotopic (exact) mass is 309 g/mol. The van der Waals surface area contributed by atoms with Crippen LogP contribution in [0.1, 0.15) is 56.2 Å². The van der Waals surface area contributed by atoms with Crippen molar-refractivity contribution in [1.82, 2.24) is 0 Å². The van der Waals surface area contributed by atoms with Crippen LogP contribution >= 0.6 is 15.9 Å². The van der Waals surface area contributed by atoms with Crippen molar-refractivity contribution in [3.63, 3.8) is 0 Å². The molecule has 2 N–H and O–H groups in total. The minimum atomic E-state index is 0.208. The van der Waals surface area contributed by atoms with Crippen molar-refractivity contribution in [1.29, 1.82) is 0 Å². The number of benzene rings is 1. The van der Waals surface area contributed by atoms with Gasteiger partial charge in [0.25, 0.3) is 0 Å². The van der Waals surface area contributed by atoms with Gasteiger partial charge in [0.2, 0.25) is 0 Å². The second-order valence-electron chi connectivity index (χ2n) is 5.72. The maximum absolute atomic E-state index is 6.45. The largest absolute Gasteiger partial charge is 0.324 e. The van der Waals surface area contributed by atoms with Crippen LogP contribution in [0.25, 0.3) is 0 Å². The SMILES string of the molecule is CCC1CCC(C(N)c2ccc(C)c(Br)c2)CC1. The first-order valence-corrected chi connectivity index (χ1v) is 7.92. The molecule has 0 heterocycles. The Bertz CT molecular complexity index is 394. The van der Waals surface area contributed by atoms with E-state index in [-0.39, 0.29) is 6.04 Å². The van der Waals surface area contributed by atoms with Crippen LogP contribution in [-0.4, -0.2) is 0 Å². The Hall–Kier alpha value is -0.340. The lowest BCUT2D eigenvalue weighted by Gasteiger charge is -2.32. The van der Waals surface area contributed by atoms with Gasteiger partial charge in [0.15, 0.2) is 0 Å². The van der Waals surface area contributed by atoms with Crippen molar-refractivity contribution in [2.24, 2.45) is 17.6 Å². The van der Waals surface area contributed by atoms with Gasteiger partial charge in [-0.05, 0) is 48.8 Å². The molecule has 1 aliphatic carbocycles. The van der Waals surface area contributed by atoms with Crippen LogP contribution in [0.3, 0.4) is 0 Å². The van der Waals surface area contributed by atoms with E-state index in [2.05, 4.69) is 48.0 Å². The molecular weight excluding hydrogens is 286 g/mol. The van der Waals surface area contributed by atoms with Gasteiger partial charge in [0, 0.05) is 10.5 Å². The van der Waals surface area contributed by atoms with Crippen LogP contribution in [-0.2, 0) is 0 Å². The summed E-state index contributed by atoms with van der Waals surface area (Å²) in [7, 11) is 0. The molecule has 0 saturated heterocycles. The van der Waals surface area contributed by atoms with Gasteiger partial charge in [-0.25, -0.2) is 0 Å². The minimum absolute atomic E-state index is 0.208. The zero-order chi connectivity index (χ0) is 13.1. The zero-order valence-electron chi connectivity index (χ0n) is 11.5. The summed E-state index contributed by atoms with van der Waals surface area (Å²) < 4.78 is 1.18. The molecule has 1 atom stereocenters. The number of hydrogen-bond donors (Lipinski definition) is 1. The first-order valence-electron chi connectivity index (χ1n) is 7.13. The van der Waals surface area contributed by atoms with Crippen molar-refractivity contribution in [3.8, 4) is 0 Å². The molecule has 2 rings (SSSR count). The third kappa shape index (κ3) is 3.16. The van der Waals surface area contributed by atoms with Crippen molar-refractivity contribution >= 4 is 15.9 Å². The standard InChI is InChI=1S/C16H24BrN/c1-3-12-5-8-13(9-6-12)16(18)14-7-4-11(2)15(17)10-14/h4,7,10,12-13,16H,3,5-6,8-9,18H2,1-2H3. The smallest absolute Gasteiger partial charge is 0.0323 e. The number of hydrogen-bond acceptors (Lipinski definition) is 1. The summed E-state index contributed by atoms with van der Waals surface area (Å²) >= 11 is 3.60. The second kappa shape index (κ2) is 6.21. The second-order valence-corrected chi connectivity index (χ2v) is 6.58. The third-order valence-electron chi connectivity index (χ3n) is 4.56. The average molecular weight is 310 g/mol. The van der Waals surface area contributed by atoms with Gasteiger partial charge in [-0.15, -0.1) is 0 Å². The Morgan fingerprint density at radius 3 is 2.50 bits per heavy atom. The molecule has 0 amide bonds. The molecule has 1 saturated carbocycles. The van der Waals surface area contributed by atoms with E-state index in [1.165, 1.54) is 47.7 Å². The lowest BCUT2D eigenvalue weighted by atomic mass is 9.76. The summed E-state index contributed by atoms with van der Waals surface area (Å²) in [5.74, 6) is 1.61. The van der Waals surface area contributed by atoms with Crippen LogP contribution in [0.15, 0.2) is 22.7 Å². The molecule has 1 nitrogen and oxygen atoms in total. The highest BCUT2D eigenvalue weighted by molar-refractivity contribution is 9.10. The molecule has 18 heavy (non-hydrogen) atoms. The fraction of sp³-hybridized carbons (Fsp3) is 0.625. The van der Waals surface area contributed by atoms with E-state index in [4.69, 9.17) is 5.73 Å². The summed E-state index contributed by atoms with van der Waals surface area (Å²) in [6.07, 6.45) is 6.65. The molecule has 2 heteroatoms. The minimum Gasteiger partial charge on any atom is -0.324 e. The number of halogens is 1. The lowest BCUT2D eigenvalue weighted by Crippen LogP contribution is -2.26. The van der Waals surface area contributed by atoms with Gasteiger partial charge >= 0.3 is 0 Å². The van der Waals surface area contributed by atoms with Crippen LogP contribution in [0, 0.1) is 18.8 Å². The molecule has 100 valence electrons. The predicted octanol–water partition coefficient (Wildman–Crippen LogP) is 4.97. The van der Waals surface area contributed by atoms with Crippen molar-refractivity contribution in [2.75, 3.05) is 0 Å². The molecule has 0 aliphatic heterocycles. The van der Waals surface area contributed by atoms with E-state index in [1.54, 1.807) is 0 Å². The average Bonchev–Trinajstić information content (AvgIpc) is 2.41. The van der Waals surface area contributed by atoms with E-state index in [9.17, 15) is 0 Å². The quantitative estimate of drug-likeness (QED) is 0.837. The van der Waals surface area contributed by atoms with Crippen LogP contribution in [0.5, 0.6) is 0 Å². The Morgan fingerprint density at radius 1 is 1.28 bits per heavy atom. The lowest BCUT2D eigenvalue weighted by molar-refractivity contribution is 0.240. The summed E-state index contributed by atoms with van der Waals surface area (Å²) in [4.78, 5) is 0. The highest BCUT2D eigenvalue weighted by Gasteiger charge is 2.25. The first-order chi connectivity index (χ1) is 8.61. The molecule has 0 bridgehead atoms. The zero-order valence-corrected chi connectivity index (χ0v) is 13.0. The van der Waals surface area contributed by atoms with Crippen LogP contribution in [0.4, 0.5) is 0 Å². The maximum Gasteiger partial charge on any atom is 0.0323 e. The van der Waals surface area contributed by atoms with Gasteiger partial charge in [0.1, 0.15) is 0 Å². The molecule has 1 unspecified atom stereocenters. The number of rotatable bonds is 3. The summed E-state index contributed by atoms with van der Waals surface area (Å²) in [5.41, 5.74) is 9.02. The highest BCUT2D eigenvalue weighted by Crippen LogP contribution is 2.37. The van der Waals surface area contributed by atoms with Gasteiger partial charge in [-0.1, -0.05) is 54.2 Å². The third-order valence-corrected chi connectivity index (χ3v) is 5.41. The number of nitrogens with two attached hydrogens (primary N) is 1. The molecule has 0 aromatic heterocycles. The molecule has 0 radical (unpaired) electrons. The van der Waals surface area contributed by atoms with Crippen LogP contribution < -0.4 is 5.73 Å². The molecule has 0 spiro atoms. The Kier molecular flexibility index (Phi) is 4.85. The Balaban J connectivity index is 2.03. The summed E-state index contributed by atoms with van der Waals surface area (Å²) in [5, 5.41) is 0. The molecule has 1 aromatic carbocycles. The van der Waals surface area contributed by atoms with E-state index in [0.29, 0.717) is 5.92 Å². The van der Waals surface area contributed by atoms with E-state index < -0.39 is 0 Å². The normalized spacial score (nSPS) is 26.0. The van der Waals surface area contributed by atoms with E-state index in [1.807, 2.05) is 0 Å². The Labute approximate surface area is 119 Å². The van der Waals surface area contributed by atoms with Gasteiger partial charge in [0.05, 0.1) is 0 Å². The molecular formula is C16H24BrN. The predicted molar refractivity (Wildman–Crippen MR) is 81.5 cm³/mol. The van der Waals surface area contributed by atoms with Crippen molar-refractivity contribution < 1.29 is 0 Å². The molecule has 1 aliphatic rings. The fourth-order valence-corrected chi connectivity index (χ4v) is 3.44. The summed E-state index contributed by atoms with van der Waals surface area (Å²) in [6.45, 7) is 4.42. The van der Waals surface area contributed by atoms with E-state index in [0.717, 1.165) is 5.92 Å². The van der Waals surface area contributed by atoms with E-state index >= 15 is 0 Å². The van der Waals surface area contributed by atoms with Gasteiger partial charge in [-0.2, -0.15) is 0 Å². The van der Waals surface area contributed by atoms with Crippen molar-refractivity contribution in [2.45, 2.75) is 52.0 Å². The van der Waals surface area contributed by atoms with Gasteiger partial charge in [-0.3, -0.25) is 0 Å². The highest BCUT2D eigenvalue weighted by atomic mass is 79.9. The molecule has 1 aromatic rings. The molecule has 1 fully saturated rings. The Morgan fingerprint density at radius 2 is 1.94 bits per heavy atom. The maximum atomic E-state index is 6.45. The number of aryl methyl sites for hydroxylation is 1. The summed E-state index contributed by atoms with van der Waals surface area (Å²) in [6, 6.07) is 6.76. The first kappa shape index (κ1) is 14.1. The topological polar surface area (TPSA) is 26.0 Å².